The molecule has 13 nitrogen and oxygen atoms in total. The van der Waals surface area contributed by atoms with Crippen molar-refractivity contribution < 1.29 is 37.0 Å². The van der Waals surface area contributed by atoms with E-state index in [0.717, 1.165) is 31.1 Å². The van der Waals surface area contributed by atoms with Crippen LogP contribution < -0.4 is 20.1 Å². The summed E-state index contributed by atoms with van der Waals surface area (Å²) in [4.78, 5) is 25.4. The van der Waals surface area contributed by atoms with Crippen LogP contribution in [0.1, 0.15) is 52.2 Å². The number of aromatic nitrogens is 4. The molecule has 6 rings (SSSR count). The van der Waals surface area contributed by atoms with E-state index in [2.05, 4.69) is 20.0 Å². The average molecular weight is 643 g/mol. The molecule has 1 aliphatic heterocycles. The van der Waals surface area contributed by atoms with Gasteiger partial charge in [0.15, 0.2) is 23.1 Å². The lowest BCUT2D eigenvalue weighted by atomic mass is 10.0. The average Bonchev–Trinajstić information content (AvgIpc) is 3.74. The molecule has 2 aliphatic rings. The topological polar surface area (TPSA) is 162 Å². The minimum atomic E-state index is -4.26. The lowest BCUT2D eigenvalue weighted by molar-refractivity contribution is -0.150. The van der Waals surface area contributed by atoms with Crippen LogP contribution in [-0.4, -0.2) is 63.1 Å². The monoisotopic (exact) mass is 642 g/mol. The zero-order valence-electron chi connectivity index (χ0n) is 25.2. The van der Waals surface area contributed by atoms with Crippen molar-refractivity contribution in [2.24, 2.45) is 0 Å². The highest BCUT2D eigenvalue weighted by atomic mass is 31.2. The molecule has 1 saturated heterocycles. The van der Waals surface area contributed by atoms with Crippen molar-refractivity contribution in [3.05, 3.63) is 48.8 Å². The summed E-state index contributed by atoms with van der Waals surface area (Å²) in [5.74, 6) is -0.202. The largest absolute Gasteiger partial charge is 0.479 e. The van der Waals surface area contributed by atoms with Gasteiger partial charge in [-0.05, 0) is 51.0 Å². The van der Waals surface area contributed by atoms with Crippen LogP contribution in [0.5, 0.6) is 11.6 Å². The third-order valence-electron chi connectivity index (χ3n) is 8.00. The Morgan fingerprint density at radius 3 is 2.76 bits per heavy atom. The number of benzene rings is 2. The molecule has 3 N–H and O–H groups in total. The minimum absolute atomic E-state index is 0.0716. The summed E-state index contributed by atoms with van der Waals surface area (Å²) < 4.78 is 60.6. The first-order chi connectivity index (χ1) is 21.5. The van der Waals surface area contributed by atoms with Gasteiger partial charge in [-0.2, -0.15) is 15.1 Å². The number of carbonyl (C=O) groups is 1. The number of nitrogen functional groups attached to an aromatic ring is 1. The van der Waals surface area contributed by atoms with E-state index in [0.29, 0.717) is 10.9 Å². The van der Waals surface area contributed by atoms with Gasteiger partial charge in [0.25, 0.3) is 0 Å². The molecule has 5 atom stereocenters. The number of imidazole rings is 1. The molecule has 2 aromatic carbocycles. The lowest BCUT2D eigenvalue weighted by Gasteiger charge is -2.25. The highest BCUT2D eigenvalue weighted by molar-refractivity contribution is 7.52. The van der Waals surface area contributed by atoms with Gasteiger partial charge in [0.1, 0.15) is 17.9 Å². The van der Waals surface area contributed by atoms with Crippen molar-refractivity contribution >= 4 is 41.6 Å². The van der Waals surface area contributed by atoms with Crippen LogP contribution >= 0.6 is 7.75 Å². The Kier molecular flexibility index (Phi) is 8.66. The van der Waals surface area contributed by atoms with Gasteiger partial charge in [0, 0.05) is 11.8 Å². The molecule has 0 bridgehead atoms. The van der Waals surface area contributed by atoms with E-state index in [1.165, 1.54) is 31.9 Å². The fourth-order valence-electron chi connectivity index (χ4n) is 5.83. The van der Waals surface area contributed by atoms with Gasteiger partial charge in [0.2, 0.25) is 11.8 Å². The van der Waals surface area contributed by atoms with Gasteiger partial charge < -0.3 is 24.5 Å². The van der Waals surface area contributed by atoms with Crippen molar-refractivity contribution in [2.45, 2.75) is 76.1 Å². The molecule has 45 heavy (non-hydrogen) atoms. The number of methoxy groups -OCH3 is 1. The number of anilines is 1. The molecule has 0 amide bonds. The van der Waals surface area contributed by atoms with Crippen molar-refractivity contribution in [2.75, 3.05) is 19.5 Å². The molecule has 1 saturated carbocycles. The number of hydrogen-bond acceptors (Lipinski definition) is 11. The van der Waals surface area contributed by atoms with Crippen molar-refractivity contribution in [1.29, 1.82) is 0 Å². The van der Waals surface area contributed by atoms with E-state index >= 15 is 4.39 Å². The Bertz CT molecular complexity index is 1740. The highest BCUT2D eigenvalue weighted by Crippen LogP contribution is 2.49. The summed E-state index contributed by atoms with van der Waals surface area (Å²) in [6.45, 7) is 2.60. The van der Waals surface area contributed by atoms with E-state index in [9.17, 15) is 9.36 Å². The molecule has 3 unspecified atom stereocenters. The maximum atomic E-state index is 16.0. The van der Waals surface area contributed by atoms with Gasteiger partial charge in [-0.15, -0.1) is 0 Å². The number of carbonyl (C=O) groups excluding carboxylic acids is 1. The number of hydrogen-bond donors (Lipinski definition) is 2. The van der Waals surface area contributed by atoms with Gasteiger partial charge in [-0.1, -0.05) is 36.4 Å². The number of ether oxygens (including phenoxy) is 3. The zero-order valence-corrected chi connectivity index (χ0v) is 26.1. The molecule has 2 fully saturated rings. The molecule has 240 valence electrons. The van der Waals surface area contributed by atoms with Crippen LogP contribution in [0.4, 0.5) is 10.3 Å². The van der Waals surface area contributed by atoms with Gasteiger partial charge >= 0.3 is 13.7 Å². The summed E-state index contributed by atoms with van der Waals surface area (Å²) in [5, 5.41) is 4.29. The Balaban J connectivity index is 1.22. The van der Waals surface area contributed by atoms with E-state index < -0.39 is 37.8 Å². The van der Waals surface area contributed by atoms with Gasteiger partial charge in [-0.3, -0.25) is 13.9 Å². The number of nitrogens with zero attached hydrogens (tertiary/aromatic N) is 4. The number of halogens is 1. The summed E-state index contributed by atoms with van der Waals surface area (Å²) in [5.41, 5.74) is 4.46. The first kappa shape index (κ1) is 31.2. The number of esters is 1. The summed E-state index contributed by atoms with van der Waals surface area (Å²) in [6.07, 6.45) is 2.64. The van der Waals surface area contributed by atoms with E-state index in [-0.39, 0.29) is 42.4 Å². The molecule has 2 aromatic heterocycles. The van der Waals surface area contributed by atoms with Crippen LogP contribution in [0, 0.1) is 0 Å². The quantitative estimate of drug-likeness (QED) is 0.162. The van der Waals surface area contributed by atoms with Crippen LogP contribution in [0.25, 0.3) is 21.9 Å². The van der Waals surface area contributed by atoms with Crippen LogP contribution in [-0.2, 0) is 23.4 Å². The number of nitrogens with two attached hydrogens (primary N) is 1. The van der Waals surface area contributed by atoms with Crippen molar-refractivity contribution in [3.63, 3.8) is 0 Å². The maximum absolute atomic E-state index is 16.0. The van der Waals surface area contributed by atoms with Crippen LogP contribution in [0.2, 0.25) is 0 Å². The second-order valence-electron chi connectivity index (χ2n) is 11.6. The Morgan fingerprint density at radius 2 is 1.98 bits per heavy atom. The van der Waals surface area contributed by atoms with Crippen LogP contribution in [0.15, 0.2) is 48.8 Å². The Hall–Kier alpha value is -3.84. The van der Waals surface area contributed by atoms with E-state index in [4.69, 9.17) is 29.0 Å². The van der Waals surface area contributed by atoms with Crippen molar-refractivity contribution in [1.82, 2.24) is 24.6 Å². The van der Waals surface area contributed by atoms with Crippen LogP contribution in [0.3, 0.4) is 0 Å². The molecular weight excluding hydrogens is 606 g/mol. The number of rotatable bonds is 11. The Labute approximate surface area is 259 Å². The fraction of sp³-hybridized carbons (Fsp3) is 0.467. The highest BCUT2D eigenvalue weighted by Gasteiger charge is 2.48. The summed E-state index contributed by atoms with van der Waals surface area (Å²) >= 11 is 0. The first-order valence-electron chi connectivity index (χ1n) is 14.8. The second kappa shape index (κ2) is 12.5. The Morgan fingerprint density at radius 1 is 1.22 bits per heavy atom. The third-order valence-corrected chi connectivity index (χ3v) is 9.63. The number of fused-ring (bicyclic) bond motifs is 2. The first-order valence-corrected chi connectivity index (χ1v) is 16.4. The minimum Gasteiger partial charge on any atom is -0.479 e. The van der Waals surface area contributed by atoms with E-state index in [1.807, 2.05) is 30.3 Å². The lowest BCUT2D eigenvalue weighted by Crippen LogP contribution is -2.37. The molecule has 0 radical (unpaired) electrons. The maximum Gasteiger partial charge on any atom is 0.459 e. The van der Waals surface area contributed by atoms with Crippen molar-refractivity contribution in [3.8, 4) is 11.6 Å². The number of nitrogens with one attached hydrogen (secondary N) is 1. The molecule has 15 heteroatoms. The normalized spacial score (nSPS) is 24.1. The predicted molar refractivity (Wildman–Crippen MR) is 163 cm³/mol. The molecule has 3 heterocycles. The standard InChI is InChI=1S/C30H36FN6O7P/c1-18(27(38)42-20-11-5-6-12-20)36-45(39,44-23-14-8-10-19-9-4-7-13-22(19)23)41-16-21-15-30(2,31)28(43-21)37-17-33-24-25(37)34-29(32)35-26(24)40-3/h4,7-10,13-14,17-18,20-21,28H,5-6,11-12,15-16H2,1-3H3,(H,36,39)(H2,32,34,35)/t18-,21?,28?,30?,45-/m0/s1. The van der Waals surface area contributed by atoms with Gasteiger partial charge in [0.05, 0.1) is 26.1 Å². The fourth-order valence-corrected chi connectivity index (χ4v) is 7.37. The molecule has 0 spiro atoms. The van der Waals surface area contributed by atoms with E-state index in [1.54, 1.807) is 12.1 Å². The number of alkyl halides is 1. The predicted octanol–water partition coefficient (Wildman–Crippen LogP) is 5.25. The van der Waals surface area contributed by atoms with Gasteiger partial charge in [-0.25, -0.2) is 13.9 Å². The molecule has 1 aliphatic carbocycles. The smallest absolute Gasteiger partial charge is 0.459 e. The molecular formula is C30H36FN6O7P. The summed E-state index contributed by atoms with van der Waals surface area (Å²) in [6, 6.07) is 11.7. The zero-order chi connectivity index (χ0) is 31.8. The SMILES string of the molecule is COc1nc(N)nc2c1ncn2C1OC(CO[P@@](=O)(N[C@@H](C)C(=O)OC2CCCC2)Oc2cccc3ccccc23)CC1(C)F. The third kappa shape index (κ3) is 6.60. The molecule has 4 aromatic rings. The summed E-state index contributed by atoms with van der Waals surface area (Å²) in [7, 11) is -2.84. The second-order valence-corrected chi connectivity index (χ2v) is 13.3.